The van der Waals surface area contributed by atoms with Gasteiger partial charge in [0.05, 0.1) is 27.5 Å². The van der Waals surface area contributed by atoms with Gasteiger partial charge in [-0.15, -0.1) is 22.7 Å². The van der Waals surface area contributed by atoms with Crippen LogP contribution in [-0.4, -0.2) is 45.9 Å². The number of thiazole rings is 2. The van der Waals surface area contributed by atoms with E-state index in [9.17, 15) is 0 Å². The van der Waals surface area contributed by atoms with Gasteiger partial charge in [0.25, 0.3) is 0 Å². The molecule has 3 heterocycles. The summed E-state index contributed by atoms with van der Waals surface area (Å²) >= 11 is 3.64. The van der Waals surface area contributed by atoms with Gasteiger partial charge in [-0.2, -0.15) is 0 Å². The molecule has 0 unspecified atom stereocenters. The molecule has 132 valence electrons. The highest BCUT2D eigenvalue weighted by Gasteiger charge is 2.19. The molecule has 0 radical (unpaired) electrons. The molecule has 4 nitrogen and oxygen atoms in total. The van der Waals surface area contributed by atoms with E-state index in [1.54, 1.807) is 0 Å². The van der Waals surface area contributed by atoms with E-state index < -0.39 is 0 Å². The minimum Gasteiger partial charge on any atom is -0.295 e. The Hall–Kier alpha value is -1.34. The van der Waals surface area contributed by atoms with Crippen LogP contribution in [0, 0.1) is 0 Å². The molecule has 0 spiro atoms. The van der Waals surface area contributed by atoms with Crippen molar-refractivity contribution < 1.29 is 0 Å². The Morgan fingerprint density at radius 2 is 1.72 bits per heavy atom. The molecule has 6 heteroatoms. The number of rotatable bonds is 6. The third kappa shape index (κ3) is 4.26. The first-order chi connectivity index (χ1) is 12.3. The first kappa shape index (κ1) is 17.1. The van der Waals surface area contributed by atoms with Crippen LogP contribution in [0.1, 0.15) is 29.1 Å². The van der Waals surface area contributed by atoms with E-state index in [0.717, 1.165) is 51.2 Å². The van der Waals surface area contributed by atoms with Gasteiger partial charge in [0.1, 0.15) is 5.01 Å². The number of piperazine rings is 1. The monoisotopic (exact) mass is 372 g/mol. The van der Waals surface area contributed by atoms with E-state index >= 15 is 0 Å². The molecule has 0 saturated carbocycles. The van der Waals surface area contributed by atoms with Crippen LogP contribution in [0.3, 0.4) is 0 Å². The van der Waals surface area contributed by atoms with Gasteiger partial charge in [0.15, 0.2) is 0 Å². The third-order valence-corrected chi connectivity index (χ3v) is 6.59. The van der Waals surface area contributed by atoms with Crippen LogP contribution in [0.5, 0.6) is 0 Å². The molecule has 3 aromatic rings. The average Bonchev–Trinajstić information content (AvgIpc) is 3.23. The lowest BCUT2D eigenvalue weighted by Gasteiger charge is -2.33. The lowest BCUT2D eigenvalue weighted by atomic mass is 10.3. The fourth-order valence-electron chi connectivity index (χ4n) is 3.26. The van der Waals surface area contributed by atoms with Gasteiger partial charge in [0, 0.05) is 38.1 Å². The van der Waals surface area contributed by atoms with Gasteiger partial charge in [-0.25, -0.2) is 9.97 Å². The summed E-state index contributed by atoms with van der Waals surface area (Å²) in [6.07, 6.45) is 2.29. The van der Waals surface area contributed by atoms with Crippen LogP contribution < -0.4 is 0 Å². The molecule has 1 aliphatic heterocycles. The predicted molar refractivity (Wildman–Crippen MR) is 106 cm³/mol. The average molecular weight is 373 g/mol. The minimum atomic E-state index is 0.977. The maximum atomic E-state index is 4.77. The summed E-state index contributed by atoms with van der Waals surface area (Å²) in [5.41, 5.74) is 2.38. The molecule has 2 aromatic heterocycles. The van der Waals surface area contributed by atoms with Gasteiger partial charge in [-0.3, -0.25) is 9.80 Å². The van der Waals surface area contributed by atoms with Gasteiger partial charge in [-0.1, -0.05) is 19.1 Å². The number of aryl methyl sites for hydroxylation is 1. The number of nitrogens with zero attached hydrogens (tertiary/aromatic N) is 4. The summed E-state index contributed by atoms with van der Waals surface area (Å²) < 4.78 is 1.29. The molecule has 1 saturated heterocycles. The Kier molecular flexibility index (Phi) is 5.41. The second-order valence-corrected chi connectivity index (χ2v) is 8.67. The quantitative estimate of drug-likeness (QED) is 0.654. The molecule has 1 fully saturated rings. The molecule has 0 amide bonds. The highest BCUT2D eigenvalue weighted by Crippen LogP contribution is 2.23. The number of hydrogen-bond donors (Lipinski definition) is 0. The van der Waals surface area contributed by atoms with Crippen molar-refractivity contribution in [3.63, 3.8) is 0 Å². The van der Waals surface area contributed by atoms with Crippen LogP contribution >= 0.6 is 22.7 Å². The Morgan fingerprint density at radius 1 is 0.960 bits per heavy atom. The molecule has 1 aromatic carbocycles. The Morgan fingerprint density at radius 3 is 2.48 bits per heavy atom. The molecule has 0 bridgehead atoms. The van der Waals surface area contributed by atoms with Crippen molar-refractivity contribution in [2.75, 3.05) is 26.2 Å². The van der Waals surface area contributed by atoms with E-state index in [0.29, 0.717) is 0 Å². The summed E-state index contributed by atoms with van der Waals surface area (Å²) in [4.78, 5) is 14.6. The summed E-state index contributed by atoms with van der Waals surface area (Å²) in [6.45, 7) is 8.65. The van der Waals surface area contributed by atoms with Crippen molar-refractivity contribution in [3.05, 3.63) is 45.4 Å². The summed E-state index contributed by atoms with van der Waals surface area (Å²) in [6, 6.07) is 8.42. The molecule has 1 aliphatic rings. The Labute approximate surface area is 157 Å². The first-order valence-corrected chi connectivity index (χ1v) is 10.7. The zero-order chi connectivity index (χ0) is 17.1. The minimum absolute atomic E-state index is 0.977. The van der Waals surface area contributed by atoms with Crippen LogP contribution in [0.15, 0.2) is 29.6 Å². The summed E-state index contributed by atoms with van der Waals surface area (Å²) in [7, 11) is 0. The second kappa shape index (κ2) is 7.91. The van der Waals surface area contributed by atoms with E-state index in [-0.39, 0.29) is 0 Å². The number of fused-ring (bicyclic) bond motifs is 1. The zero-order valence-corrected chi connectivity index (χ0v) is 16.3. The molecule has 0 aliphatic carbocycles. The van der Waals surface area contributed by atoms with Gasteiger partial charge in [0.2, 0.25) is 0 Å². The van der Waals surface area contributed by atoms with Crippen LogP contribution in [-0.2, 0) is 19.5 Å². The highest BCUT2D eigenvalue weighted by molar-refractivity contribution is 7.18. The van der Waals surface area contributed by atoms with E-state index in [1.165, 1.54) is 26.8 Å². The Balaban J connectivity index is 1.28. The maximum Gasteiger partial charge on any atom is 0.108 e. The largest absolute Gasteiger partial charge is 0.295 e. The number of hydrogen-bond acceptors (Lipinski definition) is 6. The van der Waals surface area contributed by atoms with Crippen molar-refractivity contribution >= 4 is 32.9 Å². The summed E-state index contributed by atoms with van der Waals surface area (Å²) in [5.74, 6) is 0. The van der Waals surface area contributed by atoms with Crippen LogP contribution in [0.4, 0.5) is 0 Å². The predicted octanol–water partition coefficient (Wildman–Crippen LogP) is 4.02. The second-order valence-electron chi connectivity index (χ2n) is 6.61. The fraction of sp³-hybridized carbons (Fsp3) is 0.474. The summed E-state index contributed by atoms with van der Waals surface area (Å²) in [5, 5.41) is 4.75. The normalized spacial score (nSPS) is 16.7. The zero-order valence-electron chi connectivity index (χ0n) is 14.6. The first-order valence-electron chi connectivity index (χ1n) is 9.02. The molecular weight excluding hydrogens is 348 g/mol. The van der Waals surface area contributed by atoms with Crippen molar-refractivity contribution in [3.8, 4) is 0 Å². The smallest absolute Gasteiger partial charge is 0.108 e. The molecule has 0 atom stereocenters. The topological polar surface area (TPSA) is 32.3 Å². The molecule has 25 heavy (non-hydrogen) atoms. The van der Waals surface area contributed by atoms with Crippen LogP contribution in [0.2, 0.25) is 0 Å². The standard InChI is InChI=1S/C19H24N4S2/c1-2-5-18-20-15(14-24-18)12-22-8-10-23(11-9-22)13-19-21-16-6-3-4-7-17(16)25-19/h3-4,6-7,14H,2,5,8-13H2,1H3. The van der Waals surface area contributed by atoms with E-state index in [2.05, 4.69) is 46.4 Å². The third-order valence-electron chi connectivity index (χ3n) is 4.61. The van der Waals surface area contributed by atoms with Crippen LogP contribution in [0.25, 0.3) is 10.2 Å². The van der Waals surface area contributed by atoms with Crippen molar-refractivity contribution in [1.82, 2.24) is 19.8 Å². The van der Waals surface area contributed by atoms with E-state index in [4.69, 9.17) is 9.97 Å². The van der Waals surface area contributed by atoms with Gasteiger partial charge in [-0.05, 0) is 25.0 Å². The molecular formula is C19H24N4S2. The number of para-hydroxylation sites is 1. The molecule has 0 N–H and O–H groups in total. The number of benzene rings is 1. The number of aromatic nitrogens is 2. The van der Waals surface area contributed by atoms with E-state index in [1.807, 2.05) is 22.7 Å². The SMILES string of the molecule is CCCc1nc(CN2CCN(Cc3nc4ccccc4s3)CC2)cs1. The highest BCUT2D eigenvalue weighted by atomic mass is 32.1. The van der Waals surface area contributed by atoms with Gasteiger partial charge < -0.3 is 0 Å². The lowest BCUT2D eigenvalue weighted by molar-refractivity contribution is 0.121. The maximum absolute atomic E-state index is 4.77. The van der Waals surface area contributed by atoms with Crippen molar-refractivity contribution in [2.45, 2.75) is 32.9 Å². The lowest BCUT2D eigenvalue weighted by Crippen LogP contribution is -2.45. The van der Waals surface area contributed by atoms with Gasteiger partial charge >= 0.3 is 0 Å². The van der Waals surface area contributed by atoms with Crippen molar-refractivity contribution in [1.29, 1.82) is 0 Å². The molecule has 4 rings (SSSR count). The van der Waals surface area contributed by atoms with Crippen molar-refractivity contribution in [2.24, 2.45) is 0 Å². The Bertz CT molecular complexity index is 785. The fourth-order valence-corrected chi connectivity index (χ4v) is 5.16.